The van der Waals surface area contributed by atoms with Crippen molar-refractivity contribution in [2.75, 3.05) is 26.2 Å². The van der Waals surface area contributed by atoms with E-state index in [0.29, 0.717) is 12.6 Å². The van der Waals surface area contributed by atoms with E-state index in [1.54, 1.807) is 12.1 Å². The van der Waals surface area contributed by atoms with Gasteiger partial charge in [-0.15, -0.1) is 0 Å². The third-order valence-electron chi connectivity index (χ3n) is 3.61. The Labute approximate surface area is 106 Å². The van der Waals surface area contributed by atoms with E-state index in [4.69, 9.17) is 0 Å². The van der Waals surface area contributed by atoms with E-state index in [0.717, 1.165) is 31.7 Å². The van der Waals surface area contributed by atoms with Gasteiger partial charge < -0.3 is 20.2 Å². The lowest BCUT2D eigenvalue weighted by atomic mass is 10.2. The molecule has 0 saturated carbocycles. The predicted molar refractivity (Wildman–Crippen MR) is 67.3 cm³/mol. The van der Waals surface area contributed by atoms with Crippen LogP contribution in [-0.4, -0.2) is 53.2 Å². The van der Waals surface area contributed by atoms with E-state index in [-0.39, 0.29) is 11.8 Å². The van der Waals surface area contributed by atoms with Crippen LogP contribution in [0.3, 0.4) is 0 Å². The lowest BCUT2D eigenvalue weighted by molar-refractivity contribution is 0.178. The van der Waals surface area contributed by atoms with E-state index >= 15 is 0 Å². The Kier molecular flexibility index (Phi) is 2.83. The summed E-state index contributed by atoms with van der Waals surface area (Å²) in [6, 6.07) is 7.48. The molecule has 2 N–H and O–H groups in total. The quantitative estimate of drug-likeness (QED) is 0.804. The summed E-state index contributed by atoms with van der Waals surface area (Å²) in [6.45, 7) is 3.97. The Morgan fingerprint density at radius 2 is 2.11 bits per heavy atom. The summed E-state index contributed by atoms with van der Waals surface area (Å²) in [4.78, 5) is 16.0. The number of urea groups is 1. The minimum atomic E-state index is 0.134. The van der Waals surface area contributed by atoms with Crippen molar-refractivity contribution in [1.29, 1.82) is 0 Å². The molecule has 2 heterocycles. The smallest absolute Gasteiger partial charge is 0.320 e. The first-order chi connectivity index (χ1) is 8.74. The summed E-state index contributed by atoms with van der Waals surface area (Å²) in [5.74, 6) is 0.258. The van der Waals surface area contributed by atoms with Crippen LogP contribution in [0.5, 0.6) is 5.75 Å². The number of fused-ring (bicyclic) bond motifs is 1. The molecule has 2 aliphatic rings. The zero-order valence-corrected chi connectivity index (χ0v) is 10.2. The summed E-state index contributed by atoms with van der Waals surface area (Å²) in [6.07, 6.45) is 0. The van der Waals surface area contributed by atoms with E-state index < -0.39 is 0 Å². The van der Waals surface area contributed by atoms with Gasteiger partial charge in [0, 0.05) is 32.7 Å². The second-order valence-electron chi connectivity index (χ2n) is 4.88. The van der Waals surface area contributed by atoms with Crippen LogP contribution >= 0.6 is 0 Å². The van der Waals surface area contributed by atoms with Crippen molar-refractivity contribution in [1.82, 2.24) is 15.1 Å². The number of phenolic OH excluding ortho intramolecular Hbond substituents is 1. The highest BCUT2D eigenvalue weighted by atomic mass is 16.3. The molecular formula is C13H17N3O2. The van der Waals surface area contributed by atoms with Crippen molar-refractivity contribution in [3.63, 3.8) is 0 Å². The molecule has 2 saturated heterocycles. The van der Waals surface area contributed by atoms with Crippen LogP contribution in [0.2, 0.25) is 0 Å². The maximum Gasteiger partial charge on any atom is 0.320 e. The first kappa shape index (κ1) is 11.3. The topological polar surface area (TPSA) is 55.8 Å². The number of carbonyl (C=O) groups excluding carboxylic acids is 1. The van der Waals surface area contributed by atoms with Gasteiger partial charge in [-0.1, -0.05) is 12.1 Å². The summed E-state index contributed by atoms with van der Waals surface area (Å²) >= 11 is 0. The Hall–Kier alpha value is -1.75. The molecule has 5 heteroatoms. The molecule has 0 aliphatic carbocycles. The fourth-order valence-electron chi connectivity index (χ4n) is 2.64. The van der Waals surface area contributed by atoms with Gasteiger partial charge in [0.25, 0.3) is 0 Å². The van der Waals surface area contributed by atoms with E-state index in [1.807, 2.05) is 21.9 Å². The number of carbonyl (C=O) groups is 1. The molecule has 5 nitrogen and oxygen atoms in total. The average Bonchev–Trinajstić information content (AvgIpc) is 2.70. The van der Waals surface area contributed by atoms with E-state index in [1.165, 1.54) is 0 Å². The standard InChI is InChI=1S/C13H17N3O2/c17-12-3-1-10(2-4-12)8-15-9-11-7-14-5-6-16(11)13(15)18/h1-4,11,14,17H,5-9H2. The first-order valence-electron chi connectivity index (χ1n) is 6.28. The highest BCUT2D eigenvalue weighted by molar-refractivity contribution is 5.77. The Morgan fingerprint density at radius 3 is 2.83 bits per heavy atom. The number of nitrogens with zero attached hydrogens (tertiary/aromatic N) is 2. The van der Waals surface area contributed by atoms with Gasteiger partial charge >= 0.3 is 6.03 Å². The third-order valence-corrected chi connectivity index (χ3v) is 3.61. The van der Waals surface area contributed by atoms with Gasteiger partial charge in [-0.25, -0.2) is 4.79 Å². The normalized spacial score (nSPS) is 23.3. The monoisotopic (exact) mass is 247 g/mol. The molecule has 3 rings (SSSR count). The van der Waals surface area contributed by atoms with Crippen LogP contribution in [-0.2, 0) is 6.54 Å². The summed E-state index contributed by atoms with van der Waals surface area (Å²) < 4.78 is 0. The van der Waals surface area contributed by atoms with Crippen LogP contribution in [0, 0.1) is 0 Å². The van der Waals surface area contributed by atoms with Crippen molar-refractivity contribution in [3.05, 3.63) is 29.8 Å². The molecule has 2 fully saturated rings. The molecule has 2 amide bonds. The minimum absolute atomic E-state index is 0.134. The molecular weight excluding hydrogens is 230 g/mol. The Bertz CT molecular complexity index is 446. The number of benzene rings is 1. The molecule has 18 heavy (non-hydrogen) atoms. The van der Waals surface area contributed by atoms with Gasteiger partial charge in [-0.05, 0) is 17.7 Å². The van der Waals surface area contributed by atoms with Crippen LogP contribution < -0.4 is 5.32 Å². The van der Waals surface area contributed by atoms with Crippen LogP contribution in [0.4, 0.5) is 4.79 Å². The first-order valence-corrected chi connectivity index (χ1v) is 6.28. The van der Waals surface area contributed by atoms with E-state index in [2.05, 4.69) is 5.32 Å². The van der Waals surface area contributed by atoms with Gasteiger partial charge in [0.2, 0.25) is 0 Å². The number of piperazine rings is 1. The van der Waals surface area contributed by atoms with Crippen molar-refractivity contribution in [2.24, 2.45) is 0 Å². The summed E-state index contributed by atoms with van der Waals surface area (Å²) in [5.41, 5.74) is 1.05. The average molecular weight is 247 g/mol. The highest BCUT2D eigenvalue weighted by Gasteiger charge is 2.38. The number of hydrogen-bond acceptors (Lipinski definition) is 3. The van der Waals surface area contributed by atoms with Crippen molar-refractivity contribution < 1.29 is 9.90 Å². The van der Waals surface area contributed by atoms with Crippen LogP contribution in [0.25, 0.3) is 0 Å². The highest BCUT2D eigenvalue weighted by Crippen LogP contribution is 2.20. The largest absolute Gasteiger partial charge is 0.508 e. The van der Waals surface area contributed by atoms with Crippen molar-refractivity contribution >= 4 is 6.03 Å². The van der Waals surface area contributed by atoms with Gasteiger partial charge in [-0.3, -0.25) is 0 Å². The number of nitrogens with one attached hydrogen (secondary N) is 1. The second kappa shape index (κ2) is 4.49. The fourth-order valence-corrected chi connectivity index (χ4v) is 2.64. The molecule has 1 aromatic carbocycles. The van der Waals surface area contributed by atoms with Gasteiger partial charge in [0.15, 0.2) is 0 Å². The molecule has 0 aromatic heterocycles. The molecule has 1 atom stereocenters. The lowest BCUT2D eigenvalue weighted by Gasteiger charge is -2.28. The summed E-state index contributed by atoms with van der Waals surface area (Å²) in [5, 5.41) is 12.6. The molecule has 96 valence electrons. The third kappa shape index (κ3) is 2.01. The maximum atomic E-state index is 12.2. The zero-order valence-electron chi connectivity index (χ0n) is 10.2. The predicted octanol–water partition coefficient (Wildman–Crippen LogP) is 0.602. The lowest BCUT2D eigenvalue weighted by Crippen LogP contribution is -2.49. The maximum absolute atomic E-state index is 12.2. The molecule has 0 radical (unpaired) electrons. The Morgan fingerprint density at radius 1 is 1.33 bits per heavy atom. The zero-order chi connectivity index (χ0) is 12.5. The van der Waals surface area contributed by atoms with Gasteiger partial charge in [-0.2, -0.15) is 0 Å². The number of amides is 2. The molecule has 0 bridgehead atoms. The summed E-state index contributed by atoms with van der Waals surface area (Å²) in [7, 11) is 0. The SMILES string of the molecule is O=C1N(Cc2ccc(O)cc2)CC2CNCCN12. The molecule has 1 unspecified atom stereocenters. The van der Waals surface area contributed by atoms with Crippen LogP contribution in [0.15, 0.2) is 24.3 Å². The molecule has 1 aromatic rings. The van der Waals surface area contributed by atoms with E-state index in [9.17, 15) is 9.90 Å². The van der Waals surface area contributed by atoms with Crippen LogP contribution in [0.1, 0.15) is 5.56 Å². The minimum Gasteiger partial charge on any atom is -0.508 e. The fraction of sp³-hybridized carbons (Fsp3) is 0.462. The molecule has 0 spiro atoms. The van der Waals surface area contributed by atoms with Crippen molar-refractivity contribution in [2.45, 2.75) is 12.6 Å². The van der Waals surface area contributed by atoms with Gasteiger partial charge in [0.1, 0.15) is 5.75 Å². The Balaban J connectivity index is 1.70. The number of hydrogen-bond donors (Lipinski definition) is 2. The number of aromatic hydroxyl groups is 1. The van der Waals surface area contributed by atoms with Crippen molar-refractivity contribution in [3.8, 4) is 5.75 Å². The second-order valence-corrected chi connectivity index (χ2v) is 4.88. The van der Waals surface area contributed by atoms with Gasteiger partial charge in [0.05, 0.1) is 6.04 Å². The molecule has 2 aliphatic heterocycles. The number of phenols is 1. The number of rotatable bonds is 2.